The van der Waals surface area contributed by atoms with E-state index in [9.17, 15) is 27.6 Å². The van der Waals surface area contributed by atoms with Crippen LogP contribution in [0.3, 0.4) is 0 Å². The zero-order chi connectivity index (χ0) is 23.3. The number of thioether (sulfide) groups is 1. The Kier molecular flexibility index (Phi) is 7.18. The summed E-state index contributed by atoms with van der Waals surface area (Å²) < 4.78 is 43.4. The van der Waals surface area contributed by atoms with E-state index >= 15 is 0 Å². The third kappa shape index (κ3) is 6.10. The number of carbonyl (C=O) groups excluding carboxylic acids is 3. The lowest BCUT2D eigenvalue weighted by Crippen LogP contribution is -2.28. The Balaban J connectivity index is 1.59. The number of alkyl halides is 3. The number of hydrogen-bond donors (Lipinski definition) is 2. The molecule has 1 heterocycles. The molecule has 168 valence electrons. The summed E-state index contributed by atoms with van der Waals surface area (Å²) in [6.45, 7) is 1.94. The summed E-state index contributed by atoms with van der Waals surface area (Å²) in [7, 11) is 0. The van der Waals surface area contributed by atoms with Gasteiger partial charge < -0.3 is 15.4 Å². The number of esters is 1. The van der Waals surface area contributed by atoms with E-state index in [0.29, 0.717) is 11.3 Å². The van der Waals surface area contributed by atoms with Gasteiger partial charge in [-0.25, -0.2) is 9.79 Å². The van der Waals surface area contributed by atoms with Gasteiger partial charge in [-0.3, -0.25) is 9.59 Å². The standard InChI is InChI=1S/C21H18F3N3O4S/c1-2-31-19(30)12-6-8-14(9-7-12)25-17(28)11-16-18(29)27-20(32-16)26-15-5-3-4-13(10-15)21(22,23)24/h3-10,16H,2,11H2,1H3,(H,25,28)(H,26,27,29)/t16-/m1/s1. The average Bonchev–Trinajstić information content (AvgIpc) is 3.06. The van der Waals surface area contributed by atoms with Crippen molar-refractivity contribution in [2.24, 2.45) is 4.99 Å². The number of rotatable bonds is 6. The number of nitrogens with one attached hydrogen (secondary N) is 2. The molecule has 2 aromatic carbocycles. The number of amides is 2. The minimum absolute atomic E-state index is 0.0365. The molecule has 0 aromatic heterocycles. The molecule has 1 aliphatic heterocycles. The Morgan fingerprint density at radius 1 is 1.19 bits per heavy atom. The lowest BCUT2D eigenvalue weighted by Gasteiger charge is -2.08. The molecular formula is C21H18F3N3O4S. The first kappa shape index (κ1) is 23.3. The van der Waals surface area contributed by atoms with Crippen LogP contribution in [0.15, 0.2) is 53.5 Å². The Labute approximate surface area is 185 Å². The van der Waals surface area contributed by atoms with Crippen molar-refractivity contribution in [3.63, 3.8) is 0 Å². The van der Waals surface area contributed by atoms with Gasteiger partial charge in [0.2, 0.25) is 11.8 Å². The van der Waals surface area contributed by atoms with Gasteiger partial charge in [0, 0.05) is 12.1 Å². The molecule has 0 aliphatic carbocycles. The van der Waals surface area contributed by atoms with Crippen LogP contribution in [-0.4, -0.2) is 34.8 Å². The summed E-state index contributed by atoms with van der Waals surface area (Å²) in [5.41, 5.74) is -0.0386. The Hall–Kier alpha value is -3.34. The van der Waals surface area contributed by atoms with E-state index in [1.165, 1.54) is 36.4 Å². The summed E-state index contributed by atoms with van der Waals surface area (Å²) in [6.07, 6.45) is -4.67. The third-order valence-corrected chi connectivity index (χ3v) is 5.31. The van der Waals surface area contributed by atoms with E-state index in [2.05, 4.69) is 15.6 Å². The second-order valence-electron chi connectivity index (χ2n) is 6.61. The van der Waals surface area contributed by atoms with Crippen LogP contribution < -0.4 is 10.6 Å². The number of nitrogens with zero attached hydrogens (tertiary/aromatic N) is 1. The first-order chi connectivity index (χ1) is 15.2. The summed E-state index contributed by atoms with van der Waals surface area (Å²) in [5, 5.41) is 4.44. The van der Waals surface area contributed by atoms with Crippen LogP contribution in [0.25, 0.3) is 0 Å². The maximum absolute atomic E-state index is 12.8. The van der Waals surface area contributed by atoms with Crippen LogP contribution in [0, 0.1) is 0 Å². The number of anilines is 1. The molecule has 0 spiro atoms. The average molecular weight is 465 g/mol. The molecule has 2 amide bonds. The molecule has 7 nitrogen and oxygen atoms in total. The van der Waals surface area contributed by atoms with Gasteiger partial charge in [0.05, 0.1) is 23.4 Å². The van der Waals surface area contributed by atoms with Crippen molar-refractivity contribution in [3.8, 4) is 0 Å². The largest absolute Gasteiger partial charge is 0.462 e. The fourth-order valence-corrected chi connectivity index (χ4v) is 3.73. The maximum Gasteiger partial charge on any atom is 0.416 e. The van der Waals surface area contributed by atoms with Crippen LogP contribution in [0.2, 0.25) is 0 Å². The summed E-state index contributed by atoms with van der Waals surface area (Å²) >= 11 is 0.964. The smallest absolute Gasteiger partial charge is 0.416 e. The Morgan fingerprint density at radius 2 is 1.91 bits per heavy atom. The van der Waals surface area contributed by atoms with E-state index in [4.69, 9.17) is 4.74 Å². The van der Waals surface area contributed by atoms with E-state index in [1.807, 2.05) is 0 Å². The predicted octanol–water partition coefficient (Wildman–Crippen LogP) is 4.13. The van der Waals surface area contributed by atoms with Gasteiger partial charge in [-0.1, -0.05) is 17.8 Å². The van der Waals surface area contributed by atoms with Crippen LogP contribution in [-0.2, 0) is 20.5 Å². The van der Waals surface area contributed by atoms with E-state index in [0.717, 1.165) is 23.9 Å². The van der Waals surface area contributed by atoms with Gasteiger partial charge >= 0.3 is 12.1 Å². The zero-order valence-electron chi connectivity index (χ0n) is 16.7. The van der Waals surface area contributed by atoms with E-state index in [-0.39, 0.29) is 23.9 Å². The summed E-state index contributed by atoms with van der Waals surface area (Å²) in [6, 6.07) is 10.5. The fraction of sp³-hybridized carbons (Fsp3) is 0.238. The lowest BCUT2D eigenvalue weighted by molar-refractivity contribution is -0.137. The van der Waals surface area contributed by atoms with Gasteiger partial charge in [0.1, 0.15) is 5.25 Å². The van der Waals surface area contributed by atoms with Crippen molar-refractivity contribution in [2.45, 2.75) is 24.8 Å². The number of aliphatic imine (C=N–C) groups is 1. The quantitative estimate of drug-likeness (QED) is 0.626. The molecule has 1 saturated heterocycles. The molecule has 1 fully saturated rings. The first-order valence-electron chi connectivity index (χ1n) is 9.46. The van der Waals surface area contributed by atoms with Crippen molar-refractivity contribution in [1.29, 1.82) is 0 Å². The molecule has 3 rings (SSSR count). The fourth-order valence-electron chi connectivity index (χ4n) is 2.75. The summed E-state index contributed by atoms with van der Waals surface area (Å²) in [5.74, 6) is -1.38. The highest BCUT2D eigenvalue weighted by molar-refractivity contribution is 8.15. The van der Waals surface area contributed by atoms with E-state index < -0.39 is 34.8 Å². The van der Waals surface area contributed by atoms with Gasteiger partial charge in [-0.15, -0.1) is 0 Å². The number of hydrogen-bond acceptors (Lipinski definition) is 6. The van der Waals surface area contributed by atoms with E-state index in [1.54, 1.807) is 6.92 Å². The normalized spacial score (nSPS) is 17.2. The first-order valence-corrected chi connectivity index (χ1v) is 10.3. The predicted molar refractivity (Wildman–Crippen MR) is 114 cm³/mol. The van der Waals surface area contributed by atoms with Gasteiger partial charge in [0.25, 0.3) is 0 Å². The van der Waals surface area contributed by atoms with Gasteiger partial charge in [0.15, 0.2) is 5.17 Å². The van der Waals surface area contributed by atoms with Crippen LogP contribution in [0.5, 0.6) is 0 Å². The highest BCUT2D eigenvalue weighted by Gasteiger charge is 2.33. The van der Waals surface area contributed by atoms with Crippen molar-refractivity contribution < 1.29 is 32.3 Å². The van der Waals surface area contributed by atoms with Gasteiger partial charge in [-0.05, 0) is 49.4 Å². The second-order valence-corrected chi connectivity index (χ2v) is 7.80. The second kappa shape index (κ2) is 9.86. The Morgan fingerprint density at radius 3 is 2.56 bits per heavy atom. The molecule has 2 N–H and O–H groups in total. The maximum atomic E-state index is 12.8. The third-order valence-electron chi connectivity index (χ3n) is 4.23. The summed E-state index contributed by atoms with van der Waals surface area (Å²) in [4.78, 5) is 40.1. The zero-order valence-corrected chi connectivity index (χ0v) is 17.5. The van der Waals surface area contributed by atoms with Crippen molar-refractivity contribution in [2.75, 3.05) is 11.9 Å². The topological polar surface area (TPSA) is 96.9 Å². The molecule has 1 aliphatic rings. The SMILES string of the molecule is CCOC(=O)c1ccc(NC(=O)C[C@H]2SC(=Nc3cccc(C(F)(F)F)c3)NC2=O)cc1. The number of carbonyl (C=O) groups is 3. The highest BCUT2D eigenvalue weighted by atomic mass is 32.2. The minimum Gasteiger partial charge on any atom is -0.462 e. The minimum atomic E-state index is -4.50. The molecule has 0 radical (unpaired) electrons. The molecule has 0 unspecified atom stereocenters. The molecule has 32 heavy (non-hydrogen) atoms. The number of halogens is 3. The van der Waals surface area contributed by atoms with Crippen LogP contribution >= 0.6 is 11.8 Å². The molecule has 0 bridgehead atoms. The Bertz CT molecular complexity index is 1060. The molecule has 11 heteroatoms. The monoisotopic (exact) mass is 465 g/mol. The van der Waals surface area contributed by atoms with Crippen molar-refractivity contribution >= 4 is 46.1 Å². The lowest BCUT2D eigenvalue weighted by atomic mass is 10.2. The molecule has 1 atom stereocenters. The highest BCUT2D eigenvalue weighted by Crippen LogP contribution is 2.32. The van der Waals surface area contributed by atoms with Crippen LogP contribution in [0.4, 0.5) is 24.5 Å². The van der Waals surface area contributed by atoms with Crippen molar-refractivity contribution in [3.05, 3.63) is 59.7 Å². The number of ether oxygens (including phenoxy) is 1. The van der Waals surface area contributed by atoms with Crippen LogP contribution in [0.1, 0.15) is 29.3 Å². The molecular weight excluding hydrogens is 447 g/mol. The van der Waals surface area contributed by atoms with Crippen molar-refractivity contribution in [1.82, 2.24) is 5.32 Å². The number of benzene rings is 2. The van der Waals surface area contributed by atoms with Gasteiger partial charge in [-0.2, -0.15) is 13.2 Å². The molecule has 2 aromatic rings. The molecule has 0 saturated carbocycles. The number of amidine groups is 1.